The molecule has 5 heteroatoms. The van der Waals surface area contributed by atoms with Gasteiger partial charge in [-0.05, 0) is 63.4 Å². The number of halogens is 1. The Morgan fingerprint density at radius 1 is 1.22 bits per heavy atom. The maximum Gasteiger partial charge on any atom is 0.290 e. The zero-order chi connectivity index (χ0) is 16.6. The van der Waals surface area contributed by atoms with Crippen molar-refractivity contribution in [1.82, 2.24) is 4.90 Å². The summed E-state index contributed by atoms with van der Waals surface area (Å²) < 4.78 is 6.73. The third-order valence-electron chi connectivity index (χ3n) is 4.52. The molecule has 1 aromatic heterocycles. The fourth-order valence-corrected chi connectivity index (χ4v) is 3.68. The Morgan fingerprint density at radius 2 is 1.91 bits per heavy atom. The van der Waals surface area contributed by atoms with Crippen LogP contribution in [0.5, 0.6) is 0 Å². The van der Waals surface area contributed by atoms with Gasteiger partial charge in [-0.3, -0.25) is 4.79 Å². The summed E-state index contributed by atoms with van der Waals surface area (Å²) in [5.41, 5.74) is 7.46. The molecule has 2 heterocycles. The first-order valence-corrected chi connectivity index (χ1v) is 8.74. The first kappa shape index (κ1) is 16.1. The Kier molecular flexibility index (Phi) is 4.48. The number of rotatable bonds is 2. The van der Waals surface area contributed by atoms with Crippen LogP contribution >= 0.6 is 15.9 Å². The van der Waals surface area contributed by atoms with Gasteiger partial charge in [0.2, 0.25) is 0 Å². The summed E-state index contributed by atoms with van der Waals surface area (Å²) in [6, 6.07) is 9.67. The van der Waals surface area contributed by atoms with Crippen LogP contribution in [0.25, 0.3) is 11.3 Å². The van der Waals surface area contributed by atoms with Gasteiger partial charge < -0.3 is 15.1 Å². The van der Waals surface area contributed by atoms with Crippen LogP contribution in [-0.4, -0.2) is 22.9 Å². The van der Waals surface area contributed by atoms with Crippen molar-refractivity contribution < 1.29 is 9.21 Å². The number of piperidine rings is 1. The summed E-state index contributed by atoms with van der Waals surface area (Å²) in [6.07, 6.45) is 3.26. The number of anilines is 1. The second kappa shape index (κ2) is 6.40. The van der Waals surface area contributed by atoms with Crippen LogP contribution < -0.4 is 5.73 Å². The maximum atomic E-state index is 12.8. The fourth-order valence-electron chi connectivity index (χ4n) is 3.30. The summed E-state index contributed by atoms with van der Waals surface area (Å²) in [4.78, 5) is 14.7. The SMILES string of the molecule is C[C@@H]1CCC[C@@H](C)N1C(=O)c1ccc(-c2ccc(Br)cc2N)o1. The van der Waals surface area contributed by atoms with Crippen LogP contribution in [0.3, 0.4) is 0 Å². The number of amides is 1. The Labute approximate surface area is 144 Å². The van der Waals surface area contributed by atoms with Crippen molar-refractivity contribution in [2.45, 2.75) is 45.2 Å². The average molecular weight is 377 g/mol. The van der Waals surface area contributed by atoms with Crippen LogP contribution in [0, 0.1) is 0 Å². The lowest BCUT2D eigenvalue weighted by Crippen LogP contribution is -2.47. The molecule has 0 saturated carbocycles. The van der Waals surface area contributed by atoms with E-state index < -0.39 is 0 Å². The number of nitrogens with two attached hydrogens (primary N) is 1. The third kappa shape index (κ3) is 3.15. The highest BCUT2D eigenvalue weighted by molar-refractivity contribution is 9.10. The van der Waals surface area contributed by atoms with Crippen LogP contribution in [0.1, 0.15) is 43.7 Å². The van der Waals surface area contributed by atoms with Gasteiger partial charge in [-0.25, -0.2) is 0 Å². The molecule has 1 amide bonds. The van der Waals surface area contributed by atoms with Gasteiger partial charge in [-0.1, -0.05) is 15.9 Å². The molecule has 3 rings (SSSR count). The zero-order valence-corrected chi connectivity index (χ0v) is 15.0. The smallest absolute Gasteiger partial charge is 0.290 e. The highest BCUT2D eigenvalue weighted by Gasteiger charge is 2.31. The number of hydrogen-bond donors (Lipinski definition) is 1. The number of carbonyl (C=O) groups excluding carboxylic acids is 1. The lowest BCUT2D eigenvalue weighted by atomic mass is 9.97. The van der Waals surface area contributed by atoms with E-state index in [-0.39, 0.29) is 18.0 Å². The van der Waals surface area contributed by atoms with Gasteiger partial charge in [-0.15, -0.1) is 0 Å². The van der Waals surface area contributed by atoms with E-state index >= 15 is 0 Å². The highest BCUT2D eigenvalue weighted by atomic mass is 79.9. The summed E-state index contributed by atoms with van der Waals surface area (Å²) in [5, 5.41) is 0. The Hall–Kier alpha value is -1.75. The molecule has 0 bridgehead atoms. The van der Waals surface area contributed by atoms with Crippen molar-refractivity contribution in [1.29, 1.82) is 0 Å². The first-order chi connectivity index (χ1) is 11.0. The van der Waals surface area contributed by atoms with E-state index in [1.54, 1.807) is 6.07 Å². The van der Waals surface area contributed by atoms with Gasteiger partial charge in [0.1, 0.15) is 5.76 Å². The van der Waals surface area contributed by atoms with Crippen LogP contribution in [0.2, 0.25) is 0 Å². The second-order valence-corrected chi connectivity index (χ2v) is 7.15. The zero-order valence-electron chi connectivity index (χ0n) is 13.4. The number of nitrogen functional groups attached to an aromatic ring is 1. The highest BCUT2D eigenvalue weighted by Crippen LogP contribution is 2.31. The number of likely N-dealkylation sites (tertiary alicyclic amines) is 1. The summed E-state index contributed by atoms with van der Waals surface area (Å²) in [5.74, 6) is 0.963. The van der Waals surface area contributed by atoms with Crippen molar-refractivity contribution >= 4 is 27.5 Å². The molecule has 1 aromatic carbocycles. The van der Waals surface area contributed by atoms with Crippen molar-refractivity contribution in [2.24, 2.45) is 0 Å². The minimum absolute atomic E-state index is 0.0355. The Morgan fingerprint density at radius 3 is 2.57 bits per heavy atom. The lowest BCUT2D eigenvalue weighted by Gasteiger charge is -2.38. The van der Waals surface area contributed by atoms with E-state index in [1.165, 1.54) is 6.42 Å². The number of hydrogen-bond acceptors (Lipinski definition) is 3. The molecule has 2 atom stereocenters. The topological polar surface area (TPSA) is 59.5 Å². The Balaban J connectivity index is 1.88. The van der Waals surface area contributed by atoms with Crippen LogP contribution in [0.15, 0.2) is 39.2 Å². The van der Waals surface area contributed by atoms with Gasteiger partial charge >= 0.3 is 0 Å². The molecule has 122 valence electrons. The summed E-state index contributed by atoms with van der Waals surface area (Å²) >= 11 is 3.39. The predicted octanol–water partition coefficient (Wildman–Crippen LogP) is 4.69. The van der Waals surface area contributed by atoms with E-state index in [0.717, 1.165) is 22.9 Å². The minimum atomic E-state index is -0.0355. The van der Waals surface area contributed by atoms with Gasteiger partial charge in [0.05, 0.1) is 0 Å². The second-order valence-electron chi connectivity index (χ2n) is 6.24. The van der Waals surface area contributed by atoms with E-state index in [2.05, 4.69) is 29.8 Å². The molecule has 0 aliphatic carbocycles. The molecule has 1 saturated heterocycles. The van der Waals surface area contributed by atoms with Crippen molar-refractivity contribution in [3.05, 3.63) is 40.6 Å². The third-order valence-corrected chi connectivity index (χ3v) is 5.02. The maximum absolute atomic E-state index is 12.8. The van der Waals surface area contributed by atoms with Gasteiger partial charge in [0.15, 0.2) is 5.76 Å². The molecule has 0 spiro atoms. The molecule has 0 unspecified atom stereocenters. The molecule has 4 nitrogen and oxygen atoms in total. The van der Waals surface area contributed by atoms with Crippen molar-refractivity contribution in [2.75, 3.05) is 5.73 Å². The van der Waals surface area contributed by atoms with Gasteiger partial charge in [-0.2, -0.15) is 0 Å². The van der Waals surface area contributed by atoms with Crippen molar-refractivity contribution in [3.8, 4) is 11.3 Å². The van der Waals surface area contributed by atoms with E-state index in [4.69, 9.17) is 10.2 Å². The monoisotopic (exact) mass is 376 g/mol. The minimum Gasteiger partial charge on any atom is -0.451 e. The largest absolute Gasteiger partial charge is 0.451 e. The quantitative estimate of drug-likeness (QED) is 0.772. The summed E-state index contributed by atoms with van der Waals surface area (Å²) in [7, 11) is 0. The van der Waals surface area contributed by atoms with E-state index in [1.807, 2.05) is 29.2 Å². The molecular weight excluding hydrogens is 356 g/mol. The van der Waals surface area contributed by atoms with E-state index in [0.29, 0.717) is 17.2 Å². The molecular formula is C18H21BrN2O2. The van der Waals surface area contributed by atoms with Crippen LogP contribution in [0.4, 0.5) is 5.69 Å². The molecule has 2 N–H and O–H groups in total. The van der Waals surface area contributed by atoms with Crippen LogP contribution in [-0.2, 0) is 0 Å². The number of benzene rings is 1. The first-order valence-electron chi connectivity index (χ1n) is 7.95. The molecule has 1 aliphatic heterocycles. The molecule has 0 radical (unpaired) electrons. The number of carbonyl (C=O) groups is 1. The number of furan rings is 1. The molecule has 2 aromatic rings. The Bertz CT molecular complexity index is 716. The average Bonchev–Trinajstić information content (AvgIpc) is 2.96. The standard InChI is InChI=1S/C18H21BrN2O2/c1-11-4-3-5-12(2)21(11)18(22)17-9-8-16(23-17)14-7-6-13(19)10-15(14)20/h6-12H,3-5,20H2,1-2H3/t11-,12-/m1/s1. The van der Waals surface area contributed by atoms with E-state index in [9.17, 15) is 4.79 Å². The van der Waals surface area contributed by atoms with Gasteiger partial charge in [0, 0.05) is 27.8 Å². The molecule has 1 aliphatic rings. The van der Waals surface area contributed by atoms with Gasteiger partial charge in [0.25, 0.3) is 5.91 Å². The lowest BCUT2D eigenvalue weighted by molar-refractivity contribution is 0.0479. The molecule has 1 fully saturated rings. The molecule has 23 heavy (non-hydrogen) atoms. The predicted molar refractivity (Wildman–Crippen MR) is 95.2 cm³/mol. The van der Waals surface area contributed by atoms with Crippen molar-refractivity contribution in [3.63, 3.8) is 0 Å². The fraction of sp³-hybridized carbons (Fsp3) is 0.389. The summed E-state index contributed by atoms with van der Waals surface area (Å²) in [6.45, 7) is 4.20. The normalized spacial score (nSPS) is 21.4. The number of nitrogens with zero attached hydrogens (tertiary/aromatic N) is 1.